The lowest BCUT2D eigenvalue weighted by molar-refractivity contribution is 0.446. The first-order valence-electron chi connectivity index (χ1n) is 24.0. The van der Waals surface area contributed by atoms with Crippen LogP contribution in [0.25, 0.3) is 72.7 Å². The van der Waals surface area contributed by atoms with Gasteiger partial charge < -0.3 is 5.11 Å². The summed E-state index contributed by atoms with van der Waals surface area (Å²) in [6.45, 7) is 26.5. The second-order valence-corrected chi connectivity index (χ2v) is 21.8. The predicted octanol–water partition coefficient (Wildman–Crippen LogP) is 16.3. The lowest BCUT2D eigenvalue weighted by atomic mass is 9.79. The van der Waals surface area contributed by atoms with E-state index >= 15 is 0 Å². The highest BCUT2D eigenvalue weighted by Crippen LogP contribution is 2.46. The Morgan fingerprint density at radius 2 is 1.12 bits per heavy atom. The highest BCUT2D eigenvalue weighted by atomic mass is 16.3. The molecule has 0 aliphatic heterocycles. The lowest BCUT2D eigenvalue weighted by Crippen LogP contribution is -2.17. The molecule has 0 saturated carbocycles. The lowest BCUT2D eigenvalue weighted by Gasteiger charge is -2.27. The monoisotopic (exact) mass is 847 g/mol. The van der Waals surface area contributed by atoms with E-state index in [-0.39, 0.29) is 27.4 Å². The first kappa shape index (κ1) is 40.5. The number of benzene rings is 6. The molecule has 0 bridgehead atoms. The van der Waals surface area contributed by atoms with Crippen LogP contribution >= 0.6 is 0 Å². The third-order valence-corrected chi connectivity index (χ3v) is 12.5. The minimum Gasteiger partial charge on any atom is -0.507 e. The zero-order valence-electron chi connectivity index (χ0n) is 43.0. The smallest absolute Gasteiger partial charge is 0.149 e. The number of aromatic hydroxyl groups is 1. The number of imidazole rings is 1. The summed E-state index contributed by atoms with van der Waals surface area (Å²) in [5.74, 6) is 0.900. The summed E-state index contributed by atoms with van der Waals surface area (Å²) in [5, 5.41) is 12.5. The van der Waals surface area contributed by atoms with Crippen molar-refractivity contribution in [3.63, 3.8) is 0 Å². The van der Waals surface area contributed by atoms with Gasteiger partial charge in [-0.25, -0.2) is 4.98 Å². The third kappa shape index (κ3) is 8.68. The number of para-hydroxylation sites is 1. The molecule has 0 saturated heterocycles. The maximum Gasteiger partial charge on any atom is 0.149 e. The number of nitrogens with zero attached hydrogens (tertiary/aromatic N) is 3. The molecule has 8 aromatic rings. The third-order valence-electron chi connectivity index (χ3n) is 12.5. The summed E-state index contributed by atoms with van der Waals surface area (Å²) in [6.07, 6.45) is 1.82. The van der Waals surface area contributed by atoms with Gasteiger partial charge in [0.2, 0.25) is 0 Å². The molecule has 0 amide bonds. The average Bonchev–Trinajstić information content (AvgIpc) is 3.64. The summed E-state index contributed by atoms with van der Waals surface area (Å²) in [6, 6.07) is 44.1. The maximum atomic E-state index is 12.5. The molecule has 326 valence electrons. The zero-order valence-corrected chi connectivity index (χ0v) is 40.0. The van der Waals surface area contributed by atoms with E-state index in [4.69, 9.17) is 14.1 Å². The van der Waals surface area contributed by atoms with Crippen molar-refractivity contribution in [1.29, 1.82) is 0 Å². The van der Waals surface area contributed by atoms with Gasteiger partial charge in [-0.1, -0.05) is 173 Å². The van der Waals surface area contributed by atoms with Gasteiger partial charge in [0.1, 0.15) is 11.6 Å². The quantitative estimate of drug-likeness (QED) is 0.181. The molecule has 0 radical (unpaired) electrons. The van der Waals surface area contributed by atoms with E-state index in [1.807, 2.05) is 24.4 Å². The van der Waals surface area contributed by atoms with Crippen molar-refractivity contribution in [1.82, 2.24) is 14.5 Å². The number of rotatable bonds is 6. The molecular weight excluding hydrogens is 779 g/mol. The zero-order chi connectivity index (χ0) is 48.6. The van der Waals surface area contributed by atoms with Gasteiger partial charge in [0.25, 0.3) is 0 Å². The van der Waals surface area contributed by atoms with Gasteiger partial charge in [0, 0.05) is 32.6 Å². The Morgan fingerprint density at radius 3 is 1.77 bits per heavy atom. The number of fused-ring (bicyclic) bond motifs is 1. The Bertz CT molecular complexity index is 3150. The normalized spacial score (nSPS) is 13.5. The summed E-state index contributed by atoms with van der Waals surface area (Å²) in [4.78, 5) is 10.6. The Morgan fingerprint density at radius 1 is 0.500 bits per heavy atom. The van der Waals surface area contributed by atoms with Crippen LogP contribution in [0.4, 0.5) is 0 Å². The van der Waals surface area contributed by atoms with Gasteiger partial charge in [-0.15, -0.1) is 0 Å². The van der Waals surface area contributed by atoms with Crippen LogP contribution in [-0.4, -0.2) is 19.6 Å². The van der Waals surface area contributed by atoms with Gasteiger partial charge in [-0.05, 0) is 123 Å². The molecule has 0 fully saturated rings. The number of pyridine rings is 1. The molecule has 64 heavy (non-hydrogen) atoms. The predicted molar refractivity (Wildman–Crippen MR) is 272 cm³/mol. The minimum absolute atomic E-state index is 0.0106. The Kier molecular flexibility index (Phi) is 10.2. The van der Waals surface area contributed by atoms with E-state index in [0.29, 0.717) is 17.0 Å². The SMILES string of the molecule is [2H]C([2H])([2H])c1ccc(-c2ccnc(-c3cc(-c4cccc5c4nc(-c4cc(C(C)(C)C)cc(C(C)(C)C)c4O)n5-c4ccc(C)cc4-c4ccc(C(C)(C)C)cc4)cc(C(C)(C)C)c3)c2)cc1. The van der Waals surface area contributed by atoms with Crippen LogP contribution in [0, 0.1) is 13.8 Å². The van der Waals surface area contributed by atoms with Gasteiger partial charge in [-0.3, -0.25) is 9.55 Å². The van der Waals surface area contributed by atoms with Crippen LogP contribution in [0.1, 0.15) is 121 Å². The van der Waals surface area contributed by atoms with Crippen molar-refractivity contribution in [2.45, 2.75) is 119 Å². The number of hydrogen-bond acceptors (Lipinski definition) is 3. The van der Waals surface area contributed by atoms with Crippen molar-refractivity contribution in [3.8, 4) is 67.5 Å². The van der Waals surface area contributed by atoms with E-state index in [2.05, 4.69) is 192 Å². The van der Waals surface area contributed by atoms with Crippen LogP contribution in [0.2, 0.25) is 0 Å². The van der Waals surface area contributed by atoms with Crippen molar-refractivity contribution in [2.75, 3.05) is 0 Å². The van der Waals surface area contributed by atoms with Gasteiger partial charge in [0.05, 0.1) is 28.0 Å². The van der Waals surface area contributed by atoms with Crippen LogP contribution < -0.4 is 0 Å². The second kappa shape index (κ2) is 16.1. The van der Waals surface area contributed by atoms with E-state index < -0.39 is 6.85 Å². The highest BCUT2D eigenvalue weighted by molar-refractivity contribution is 5.98. The topological polar surface area (TPSA) is 50.9 Å². The van der Waals surface area contributed by atoms with Crippen molar-refractivity contribution in [2.24, 2.45) is 0 Å². The fourth-order valence-corrected chi connectivity index (χ4v) is 8.59. The Balaban J connectivity index is 1.41. The fourth-order valence-electron chi connectivity index (χ4n) is 8.59. The van der Waals surface area contributed by atoms with Gasteiger partial charge in [-0.2, -0.15) is 0 Å². The number of aryl methyl sites for hydroxylation is 2. The van der Waals surface area contributed by atoms with E-state index in [0.717, 1.165) is 83.6 Å². The van der Waals surface area contributed by atoms with E-state index in [1.165, 1.54) is 5.56 Å². The molecule has 8 rings (SSSR count). The minimum atomic E-state index is -2.17. The molecule has 0 aliphatic rings. The summed E-state index contributed by atoms with van der Waals surface area (Å²) in [7, 11) is 0. The van der Waals surface area contributed by atoms with E-state index in [1.54, 1.807) is 12.1 Å². The molecule has 2 aromatic heterocycles. The molecule has 1 N–H and O–H groups in total. The number of phenols is 1. The maximum absolute atomic E-state index is 12.5. The van der Waals surface area contributed by atoms with Crippen LogP contribution in [0.5, 0.6) is 5.75 Å². The molecule has 0 atom stereocenters. The largest absolute Gasteiger partial charge is 0.507 e. The van der Waals surface area contributed by atoms with Crippen molar-refractivity contribution >= 4 is 11.0 Å². The van der Waals surface area contributed by atoms with Crippen molar-refractivity contribution in [3.05, 3.63) is 167 Å². The molecule has 0 aliphatic carbocycles. The molecule has 2 heterocycles. The van der Waals surface area contributed by atoms with Crippen molar-refractivity contribution < 1.29 is 9.22 Å². The number of phenolic OH excluding ortho intramolecular Hbond substituents is 1. The number of aromatic nitrogens is 3. The first-order valence-corrected chi connectivity index (χ1v) is 22.5. The number of hydrogen-bond donors (Lipinski definition) is 1. The molecule has 4 nitrogen and oxygen atoms in total. The molecular formula is C60H65N3O. The van der Waals surface area contributed by atoms with Gasteiger partial charge in [0.15, 0.2) is 0 Å². The average molecular weight is 847 g/mol. The molecule has 4 heteroatoms. The Hall–Kier alpha value is -6.26. The van der Waals surface area contributed by atoms with E-state index in [9.17, 15) is 5.11 Å². The Labute approximate surface area is 386 Å². The summed E-state index contributed by atoms with van der Waals surface area (Å²) < 4.78 is 25.8. The standard InChI is InChI=1S/C60H65N3O/c1-37-18-21-39(22-19-37)41-28-29-61-51(34-41)43-31-42(32-45(33-43)58(6,7)8)47-16-15-17-53-54(47)62-56(49-35-46(59(9,10)11)36-50(55(49)64)60(12,13)14)63(53)52-27-20-38(2)30-48(52)40-23-25-44(26-24-40)57(3,4)5/h15-36,64H,1-14H3/i1D3. The van der Waals surface area contributed by atoms with Crippen LogP contribution in [-0.2, 0) is 21.7 Å². The second-order valence-electron chi connectivity index (χ2n) is 21.8. The highest BCUT2D eigenvalue weighted by Gasteiger charge is 2.30. The first-order chi connectivity index (χ1) is 31.2. The van der Waals surface area contributed by atoms with Crippen LogP contribution in [0.3, 0.4) is 0 Å². The molecule has 0 spiro atoms. The fraction of sp³-hybridized carbons (Fsp3) is 0.300. The molecule has 6 aromatic carbocycles. The summed E-state index contributed by atoms with van der Waals surface area (Å²) >= 11 is 0. The van der Waals surface area contributed by atoms with Gasteiger partial charge >= 0.3 is 0 Å². The summed E-state index contributed by atoms with van der Waals surface area (Å²) in [5.41, 5.74) is 16.3. The van der Waals surface area contributed by atoms with Crippen LogP contribution in [0.15, 0.2) is 134 Å². The molecule has 0 unspecified atom stereocenters.